The number of H-pyrrole nitrogens is 1. The van der Waals surface area contributed by atoms with Gasteiger partial charge in [0.05, 0.1) is 12.1 Å². The van der Waals surface area contributed by atoms with E-state index in [1.165, 1.54) is 0 Å². The van der Waals surface area contributed by atoms with Gasteiger partial charge in [0.25, 0.3) is 17.7 Å². The van der Waals surface area contributed by atoms with Gasteiger partial charge < -0.3 is 10.3 Å². The van der Waals surface area contributed by atoms with Crippen LogP contribution in [0, 0.1) is 6.92 Å². The Hall–Kier alpha value is -3.61. The highest BCUT2D eigenvalue weighted by Gasteiger charge is 2.13. The Bertz CT molecular complexity index is 978. The molecule has 0 saturated heterocycles. The van der Waals surface area contributed by atoms with Crippen LogP contribution in [0.25, 0.3) is 10.9 Å². The molecule has 7 nitrogen and oxygen atoms in total. The number of hydrogen-bond donors (Lipinski definition) is 4. The molecular formula is C19H18N4O3. The lowest BCUT2D eigenvalue weighted by atomic mass is 10.1. The number of carbonyl (C=O) groups is 3. The summed E-state index contributed by atoms with van der Waals surface area (Å²) in [5.74, 6) is -1.32. The number of fused-ring (bicyclic) bond motifs is 1. The molecule has 0 unspecified atom stereocenters. The smallest absolute Gasteiger partial charge is 0.271 e. The monoisotopic (exact) mass is 350 g/mol. The third-order valence-electron chi connectivity index (χ3n) is 3.95. The van der Waals surface area contributed by atoms with Crippen LogP contribution in [0.5, 0.6) is 0 Å². The van der Waals surface area contributed by atoms with Crippen molar-refractivity contribution in [2.45, 2.75) is 6.92 Å². The maximum Gasteiger partial charge on any atom is 0.271 e. The second-order valence-corrected chi connectivity index (χ2v) is 5.75. The van der Waals surface area contributed by atoms with E-state index in [-0.39, 0.29) is 12.5 Å². The molecule has 0 aliphatic rings. The highest BCUT2D eigenvalue weighted by atomic mass is 16.2. The second-order valence-electron chi connectivity index (χ2n) is 5.75. The van der Waals surface area contributed by atoms with Crippen LogP contribution in [-0.2, 0) is 4.79 Å². The minimum Gasteiger partial charge on any atom is -0.360 e. The van der Waals surface area contributed by atoms with E-state index in [9.17, 15) is 14.4 Å². The Kier molecular flexibility index (Phi) is 4.98. The van der Waals surface area contributed by atoms with Crippen molar-refractivity contribution in [1.29, 1.82) is 0 Å². The lowest BCUT2D eigenvalue weighted by Gasteiger charge is -2.09. The molecule has 2 aromatic carbocycles. The Morgan fingerprint density at radius 2 is 1.62 bits per heavy atom. The third kappa shape index (κ3) is 3.72. The van der Waals surface area contributed by atoms with E-state index in [0.29, 0.717) is 11.1 Å². The van der Waals surface area contributed by atoms with Gasteiger partial charge in [0.15, 0.2) is 0 Å². The van der Waals surface area contributed by atoms with Crippen molar-refractivity contribution in [3.05, 3.63) is 71.4 Å². The number of aromatic nitrogens is 1. The number of para-hydroxylation sites is 1. The fourth-order valence-electron chi connectivity index (χ4n) is 2.58. The molecule has 7 heteroatoms. The number of hydrogen-bond acceptors (Lipinski definition) is 3. The molecule has 0 aliphatic heterocycles. The first-order valence-corrected chi connectivity index (χ1v) is 8.05. The fourth-order valence-corrected chi connectivity index (χ4v) is 2.58. The van der Waals surface area contributed by atoms with Crippen LogP contribution in [0.3, 0.4) is 0 Å². The molecule has 0 spiro atoms. The van der Waals surface area contributed by atoms with Gasteiger partial charge in [-0.25, -0.2) is 0 Å². The Labute approximate surface area is 149 Å². The standard InChI is InChI=1S/C19H18N4O3/c1-12-6-2-3-7-13(12)18(25)21-11-17(24)22-23-19(26)15-10-20-16-9-5-4-8-14(15)16/h2-10,20H,11H2,1H3,(H,21,25)(H,22,24)(H,23,26). The summed E-state index contributed by atoms with van der Waals surface area (Å²) in [5, 5.41) is 3.28. The number of carbonyl (C=O) groups excluding carboxylic acids is 3. The zero-order chi connectivity index (χ0) is 18.5. The molecule has 0 radical (unpaired) electrons. The van der Waals surface area contributed by atoms with Gasteiger partial charge >= 0.3 is 0 Å². The van der Waals surface area contributed by atoms with Gasteiger partial charge in [0.2, 0.25) is 0 Å². The highest BCUT2D eigenvalue weighted by Crippen LogP contribution is 2.17. The summed E-state index contributed by atoms with van der Waals surface area (Å²) in [4.78, 5) is 39.1. The van der Waals surface area contributed by atoms with Crippen molar-refractivity contribution in [1.82, 2.24) is 21.2 Å². The van der Waals surface area contributed by atoms with Gasteiger partial charge in [-0.05, 0) is 24.6 Å². The summed E-state index contributed by atoms with van der Waals surface area (Å²) in [7, 11) is 0. The lowest BCUT2D eigenvalue weighted by molar-refractivity contribution is -0.120. The molecule has 0 bridgehead atoms. The number of nitrogens with one attached hydrogen (secondary N) is 4. The highest BCUT2D eigenvalue weighted by molar-refractivity contribution is 6.07. The molecule has 0 aliphatic carbocycles. The van der Waals surface area contributed by atoms with Gasteiger partial charge in [-0.15, -0.1) is 0 Å². The largest absolute Gasteiger partial charge is 0.360 e. The van der Waals surface area contributed by atoms with E-state index < -0.39 is 11.8 Å². The zero-order valence-electron chi connectivity index (χ0n) is 14.1. The minimum atomic E-state index is -0.528. The molecule has 3 rings (SSSR count). The zero-order valence-corrected chi connectivity index (χ0v) is 14.1. The van der Waals surface area contributed by atoms with Crippen molar-refractivity contribution in [2.75, 3.05) is 6.54 Å². The quantitative estimate of drug-likeness (QED) is 0.538. The maximum atomic E-state index is 12.2. The second kappa shape index (κ2) is 7.52. The molecular weight excluding hydrogens is 332 g/mol. The van der Waals surface area contributed by atoms with Gasteiger partial charge in [0.1, 0.15) is 0 Å². The molecule has 132 valence electrons. The number of hydrazine groups is 1. The van der Waals surface area contributed by atoms with Gasteiger partial charge in [-0.3, -0.25) is 25.2 Å². The minimum absolute atomic E-state index is 0.249. The number of amides is 3. The molecule has 4 N–H and O–H groups in total. The normalized spacial score (nSPS) is 10.3. The molecule has 3 aromatic rings. The lowest BCUT2D eigenvalue weighted by Crippen LogP contribution is -2.46. The van der Waals surface area contributed by atoms with E-state index >= 15 is 0 Å². The number of aryl methyl sites for hydroxylation is 1. The van der Waals surface area contributed by atoms with Crippen LogP contribution in [0.4, 0.5) is 0 Å². The third-order valence-corrected chi connectivity index (χ3v) is 3.95. The van der Waals surface area contributed by atoms with E-state index in [1.807, 2.05) is 43.3 Å². The maximum absolute atomic E-state index is 12.2. The summed E-state index contributed by atoms with van der Waals surface area (Å²) in [5.41, 5.74) is 7.20. The van der Waals surface area contributed by atoms with Crippen molar-refractivity contribution >= 4 is 28.6 Å². The van der Waals surface area contributed by atoms with Gasteiger partial charge in [-0.2, -0.15) is 0 Å². The number of rotatable bonds is 4. The van der Waals surface area contributed by atoms with Crippen LogP contribution in [-0.4, -0.2) is 29.3 Å². The van der Waals surface area contributed by atoms with Gasteiger partial charge in [-0.1, -0.05) is 36.4 Å². The fraction of sp³-hybridized carbons (Fsp3) is 0.105. The predicted octanol–water partition coefficient (Wildman–Crippen LogP) is 1.67. The number of benzene rings is 2. The average Bonchev–Trinajstić information content (AvgIpc) is 3.08. The Morgan fingerprint density at radius 3 is 2.42 bits per heavy atom. The summed E-state index contributed by atoms with van der Waals surface area (Å²) >= 11 is 0. The number of aromatic amines is 1. The van der Waals surface area contributed by atoms with E-state index in [0.717, 1.165) is 16.5 Å². The molecule has 0 atom stereocenters. The topological polar surface area (TPSA) is 103 Å². The van der Waals surface area contributed by atoms with Crippen molar-refractivity contribution in [2.24, 2.45) is 0 Å². The first kappa shape index (κ1) is 17.2. The van der Waals surface area contributed by atoms with E-state index in [2.05, 4.69) is 21.2 Å². The van der Waals surface area contributed by atoms with Crippen LogP contribution < -0.4 is 16.2 Å². The Morgan fingerprint density at radius 1 is 0.885 bits per heavy atom. The van der Waals surface area contributed by atoms with Gasteiger partial charge in [0, 0.05) is 22.7 Å². The molecule has 1 aromatic heterocycles. The summed E-state index contributed by atoms with van der Waals surface area (Å²) in [6.45, 7) is 1.57. The predicted molar refractivity (Wildman–Crippen MR) is 97.4 cm³/mol. The van der Waals surface area contributed by atoms with E-state index in [1.54, 1.807) is 18.3 Å². The summed E-state index contributed by atoms with van der Waals surface area (Å²) in [6.07, 6.45) is 1.58. The SMILES string of the molecule is Cc1ccccc1C(=O)NCC(=O)NNC(=O)c1c[nH]c2ccccc12. The first-order valence-electron chi connectivity index (χ1n) is 8.05. The molecule has 1 heterocycles. The van der Waals surface area contributed by atoms with Crippen LogP contribution in [0.2, 0.25) is 0 Å². The summed E-state index contributed by atoms with van der Waals surface area (Å²) < 4.78 is 0. The molecule has 0 fully saturated rings. The van der Waals surface area contributed by atoms with Crippen LogP contribution >= 0.6 is 0 Å². The molecule has 26 heavy (non-hydrogen) atoms. The Balaban J connectivity index is 1.52. The molecule has 3 amide bonds. The van der Waals surface area contributed by atoms with Crippen LogP contribution in [0.15, 0.2) is 54.7 Å². The molecule has 0 saturated carbocycles. The van der Waals surface area contributed by atoms with Crippen molar-refractivity contribution < 1.29 is 14.4 Å². The van der Waals surface area contributed by atoms with Crippen LogP contribution in [0.1, 0.15) is 26.3 Å². The average molecular weight is 350 g/mol. The van der Waals surface area contributed by atoms with Crippen molar-refractivity contribution in [3.8, 4) is 0 Å². The van der Waals surface area contributed by atoms with E-state index in [4.69, 9.17) is 0 Å². The summed E-state index contributed by atoms with van der Waals surface area (Å²) in [6, 6.07) is 14.4. The first-order chi connectivity index (χ1) is 12.6. The van der Waals surface area contributed by atoms with Crippen molar-refractivity contribution in [3.63, 3.8) is 0 Å².